The molecule has 2 heterocycles. The van der Waals surface area contributed by atoms with Gasteiger partial charge in [-0.1, -0.05) is 49.7 Å². The number of aromatic amines is 1. The van der Waals surface area contributed by atoms with E-state index in [4.69, 9.17) is 5.11 Å². The van der Waals surface area contributed by atoms with Crippen LogP contribution in [0, 0.1) is 0 Å². The number of hydrogen-bond donors (Lipinski definition) is 3. The maximum atomic E-state index is 13.2. The van der Waals surface area contributed by atoms with Gasteiger partial charge in [-0.2, -0.15) is 0 Å². The van der Waals surface area contributed by atoms with Gasteiger partial charge in [0.1, 0.15) is 5.82 Å². The Labute approximate surface area is 200 Å². The van der Waals surface area contributed by atoms with Crippen molar-refractivity contribution >= 4 is 66.0 Å². The van der Waals surface area contributed by atoms with Crippen molar-refractivity contribution in [3.63, 3.8) is 0 Å². The monoisotopic (exact) mass is 503 g/mol. The lowest BCUT2D eigenvalue weighted by molar-refractivity contribution is -0.136. The molecule has 7 nitrogen and oxygen atoms in total. The third kappa shape index (κ3) is 5.51. The van der Waals surface area contributed by atoms with Crippen LogP contribution in [0.25, 0.3) is 21.1 Å². The topological polar surface area (TPSA) is 112 Å². The lowest BCUT2D eigenvalue weighted by Gasteiger charge is -2.09. The zero-order chi connectivity index (χ0) is 23.4. The highest BCUT2D eigenvalue weighted by atomic mass is 32.2. The number of H-pyrrole nitrogens is 1. The normalized spacial score (nSPS) is 11.9. The van der Waals surface area contributed by atoms with Gasteiger partial charge in [0.2, 0.25) is 0 Å². The van der Waals surface area contributed by atoms with E-state index in [2.05, 4.69) is 21.6 Å². The number of para-hydroxylation sites is 1. The maximum Gasteiger partial charge on any atom is 0.303 e. The van der Waals surface area contributed by atoms with E-state index in [0.717, 1.165) is 37.6 Å². The molecule has 0 unspecified atom stereocenters. The third-order valence-electron chi connectivity index (χ3n) is 5.26. The van der Waals surface area contributed by atoms with Gasteiger partial charge in [-0.15, -0.1) is 11.3 Å². The minimum atomic E-state index is -3.89. The molecule has 2 aromatic heterocycles. The first-order chi connectivity index (χ1) is 15.9. The Hall–Kier alpha value is -2.56. The number of unbranched alkanes of at least 4 members (excludes halogenated alkanes) is 2. The molecule has 0 fully saturated rings. The van der Waals surface area contributed by atoms with Gasteiger partial charge in [-0.25, -0.2) is 13.4 Å². The number of anilines is 1. The number of rotatable bonds is 11. The van der Waals surface area contributed by atoms with Gasteiger partial charge in [0, 0.05) is 28.6 Å². The van der Waals surface area contributed by atoms with E-state index in [9.17, 15) is 13.2 Å². The van der Waals surface area contributed by atoms with Crippen molar-refractivity contribution in [2.75, 3.05) is 10.5 Å². The van der Waals surface area contributed by atoms with Crippen LogP contribution in [0.1, 0.15) is 38.2 Å². The first-order valence-electron chi connectivity index (χ1n) is 10.7. The second-order valence-corrected chi connectivity index (χ2v) is 11.7. The fraction of sp³-hybridized carbons (Fsp3) is 0.304. The molecule has 0 bridgehead atoms. The summed E-state index contributed by atoms with van der Waals surface area (Å²) >= 11 is 3.20. The summed E-state index contributed by atoms with van der Waals surface area (Å²) in [5.74, 6) is 0.363. The van der Waals surface area contributed by atoms with Crippen molar-refractivity contribution in [3.8, 4) is 0 Å². The molecule has 0 saturated heterocycles. The van der Waals surface area contributed by atoms with Gasteiger partial charge >= 0.3 is 5.97 Å². The van der Waals surface area contributed by atoms with Crippen LogP contribution in [-0.4, -0.2) is 35.2 Å². The van der Waals surface area contributed by atoms with Gasteiger partial charge < -0.3 is 10.1 Å². The number of aryl methyl sites for hydroxylation is 1. The molecule has 0 radical (unpaired) electrons. The van der Waals surface area contributed by atoms with Gasteiger partial charge in [-0.05, 0) is 37.1 Å². The predicted molar refractivity (Wildman–Crippen MR) is 135 cm³/mol. The molecule has 33 heavy (non-hydrogen) atoms. The second-order valence-electron chi connectivity index (χ2n) is 7.69. The average Bonchev–Trinajstić information content (AvgIpc) is 3.34. The second kappa shape index (κ2) is 10.1. The van der Waals surface area contributed by atoms with Crippen LogP contribution >= 0.6 is 23.1 Å². The molecule has 0 spiro atoms. The molecule has 0 aliphatic rings. The Morgan fingerprint density at radius 1 is 1.21 bits per heavy atom. The Kier molecular flexibility index (Phi) is 7.26. The van der Waals surface area contributed by atoms with E-state index in [-0.39, 0.29) is 17.7 Å². The Bertz CT molecular complexity index is 1390. The maximum absolute atomic E-state index is 13.2. The highest BCUT2D eigenvalue weighted by Gasteiger charge is 2.21. The van der Waals surface area contributed by atoms with E-state index in [0.29, 0.717) is 11.4 Å². The van der Waals surface area contributed by atoms with Gasteiger partial charge in [0.05, 0.1) is 15.1 Å². The molecular weight excluding hydrogens is 478 g/mol. The zero-order valence-corrected chi connectivity index (χ0v) is 20.6. The van der Waals surface area contributed by atoms with E-state index < -0.39 is 16.0 Å². The summed E-state index contributed by atoms with van der Waals surface area (Å²) in [6.45, 7) is 2.17. The number of aliphatic carboxylic acids is 1. The smallest absolute Gasteiger partial charge is 0.303 e. The van der Waals surface area contributed by atoms with Crippen molar-refractivity contribution in [2.24, 2.45) is 0 Å². The first kappa shape index (κ1) is 23.6. The molecule has 10 heteroatoms. The summed E-state index contributed by atoms with van der Waals surface area (Å²) in [4.78, 5) is 19.0. The zero-order valence-electron chi connectivity index (χ0n) is 18.1. The molecule has 0 atom stereocenters. The molecule has 174 valence electrons. The van der Waals surface area contributed by atoms with Gasteiger partial charge in [-0.3, -0.25) is 9.52 Å². The van der Waals surface area contributed by atoms with Crippen LogP contribution < -0.4 is 4.72 Å². The molecule has 0 aliphatic carbocycles. The molecule has 0 saturated carbocycles. The largest absolute Gasteiger partial charge is 0.481 e. The van der Waals surface area contributed by atoms with E-state index in [1.54, 1.807) is 30.0 Å². The molecule has 2 aromatic carbocycles. The minimum absolute atomic E-state index is 0.0951. The number of hydrogen-bond acceptors (Lipinski definition) is 6. The fourth-order valence-electron chi connectivity index (χ4n) is 3.60. The Balaban J connectivity index is 1.60. The summed E-state index contributed by atoms with van der Waals surface area (Å²) in [6, 6.07) is 12.3. The number of benzene rings is 2. The third-order valence-corrected chi connectivity index (χ3v) is 8.86. The van der Waals surface area contributed by atoms with Crippen LogP contribution in [-0.2, 0) is 21.2 Å². The van der Waals surface area contributed by atoms with Crippen molar-refractivity contribution in [2.45, 2.75) is 48.3 Å². The number of sulfonamides is 1. The van der Waals surface area contributed by atoms with Crippen molar-refractivity contribution < 1.29 is 18.3 Å². The van der Waals surface area contributed by atoms with Crippen LogP contribution in [0.15, 0.2) is 51.7 Å². The number of thioether (sulfide) groups is 1. The minimum Gasteiger partial charge on any atom is -0.481 e. The number of thiazole rings is 1. The fourth-order valence-corrected chi connectivity index (χ4v) is 6.93. The number of carboxylic acids is 1. The average molecular weight is 504 g/mol. The highest BCUT2D eigenvalue weighted by molar-refractivity contribution is 8.01. The number of nitrogens with one attached hydrogen (secondary N) is 2. The van der Waals surface area contributed by atoms with Crippen LogP contribution in [0.3, 0.4) is 0 Å². The van der Waals surface area contributed by atoms with Crippen LogP contribution in [0.4, 0.5) is 5.82 Å². The lowest BCUT2D eigenvalue weighted by atomic mass is 10.1. The van der Waals surface area contributed by atoms with Crippen molar-refractivity contribution in [3.05, 3.63) is 48.0 Å². The number of carbonyl (C=O) groups is 1. The van der Waals surface area contributed by atoms with E-state index in [1.807, 2.05) is 24.3 Å². The first-order valence-corrected chi connectivity index (χ1v) is 14.0. The summed E-state index contributed by atoms with van der Waals surface area (Å²) < 4.78 is 30.8. The van der Waals surface area contributed by atoms with E-state index in [1.165, 1.54) is 24.2 Å². The molecule has 0 amide bonds. The number of fused-ring (bicyclic) bond motifs is 2. The summed E-state index contributed by atoms with van der Waals surface area (Å²) in [5.41, 5.74) is 2.17. The molecular formula is C23H25N3O4S3. The SMILES string of the molecule is CCCCCSc1nc2ccc(S(=O)(=O)Nc3[nH]c4ccccc4c3CCC(=O)O)cc2s1. The van der Waals surface area contributed by atoms with Crippen LogP contribution in [0.5, 0.6) is 0 Å². The quantitative estimate of drug-likeness (QED) is 0.174. The highest BCUT2D eigenvalue weighted by Crippen LogP contribution is 2.33. The Morgan fingerprint density at radius 3 is 2.82 bits per heavy atom. The molecule has 4 rings (SSSR count). The molecule has 4 aromatic rings. The Morgan fingerprint density at radius 2 is 2.03 bits per heavy atom. The van der Waals surface area contributed by atoms with Gasteiger partial charge in [0.25, 0.3) is 10.0 Å². The number of carboxylic acid groups (broad SMARTS) is 1. The molecule has 3 N–H and O–H groups in total. The van der Waals surface area contributed by atoms with Crippen molar-refractivity contribution in [1.82, 2.24) is 9.97 Å². The van der Waals surface area contributed by atoms with Crippen molar-refractivity contribution in [1.29, 1.82) is 0 Å². The van der Waals surface area contributed by atoms with E-state index >= 15 is 0 Å². The summed E-state index contributed by atoms with van der Waals surface area (Å²) in [5, 5.41) is 9.92. The van der Waals surface area contributed by atoms with Crippen LogP contribution in [0.2, 0.25) is 0 Å². The van der Waals surface area contributed by atoms with Gasteiger partial charge in [0.15, 0.2) is 4.34 Å². The summed E-state index contributed by atoms with van der Waals surface area (Å²) in [7, 11) is -3.89. The number of nitrogens with zero attached hydrogens (tertiary/aromatic N) is 1. The predicted octanol–water partition coefficient (Wildman–Crippen LogP) is 5.88. The number of aromatic nitrogens is 2. The molecule has 0 aliphatic heterocycles. The lowest BCUT2D eigenvalue weighted by Crippen LogP contribution is -2.14. The summed E-state index contributed by atoms with van der Waals surface area (Å²) in [6.07, 6.45) is 3.61. The standard InChI is InChI=1S/C23H25N3O4S3/c1-2-3-6-13-31-23-25-19-11-9-15(14-20(19)32-23)33(29,30)26-22-17(10-12-21(27)28)16-7-4-5-8-18(16)24-22/h4-5,7-9,11,14,24,26H,2-3,6,10,12-13H2,1H3,(H,27,28).